The maximum absolute atomic E-state index is 11.7. The molecule has 2 rings (SSSR count). The maximum Gasteiger partial charge on any atom is 0.338 e. The number of carbonyl (C=O) groups excluding carboxylic acids is 1. The topological polar surface area (TPSA) is 127 Å². The van der Waals surface area contributed by atoms with E-state index in [1.54, 1.807) is 45.9 Å². The number of nitrogen functional groups attached to an aromatic ring is 1. The van der Waals surface area contributed by atoms with E-state index in [0.29, 0.717) is 11.3 Å². The number of hydrogen-bond donors (Lipinski definition) is 3. The van der Waals surface area contributed by atoms with Crippen molar-refractivity contribution in [2.75, 3.05) is 5.73 Å². The van der Waals surface area contributed by atoms with Gasteiger partial charge in [0.05, 0.1) is 16.7 Å². The lowest BCUT2D eigenvalue weighted by molar-refractivity contribution is 0.00693. The van der Waals surface area contributed by atoms with Crippen molar-refractivity contribution in [1.82, 2.24) is 0 Å². The Kier molecular flexibility index (Phi) is 7.32. The lowest BCUT2D eigenvalue weighted by Crippen LogP contribution is -2.24. The minimum atomic E-state index is -1.05. The van der Waals surface area contributed by atoms with Gasteiger partial charge in [0, 0.05) is 5.69 Å². The van der Waals surface area contributed by atoms with Crippen LogP contribution in [-0.4, -0.2) is 33.7 Å². The molecule has 0 fully saturated rings. The first-order valence-electron chi connectivity index (χ1n) is 8.48. The number of benzene rings is 2. The standard InChI is InChI=1S/C13H16O4.C8H9NO2/c1-8-5-6-9(7-10(8)11(14)15)12(16)17-13(2,3)4;1-5-2-3-6(8(10)11)4-7(5)9/h5-7H,1-4H3,(H,14,15);2-4H,9H2,1H3,(H,10,11). The molecule has 0 aromatic heterocycles. The number of anilines is 1. The Bertz CT molecular complexity index is 896. The molecule has 2 aromatic rings. The van der Waals surface area contributed by atoms with Gasteiger partial charge in [0.2, 0.25) is 0 Å². The number of nitrogens with two attached hydrogens (primary N) is 1. The summed E-state index contributed by atoms with van der Waals surface area (Å²) in [6, 6.07) is 9.19. The molecule has 28 heavy (non-hydrogen) atoms. The highest BCUT2D eigenvalue weighted by molar-refractivity contribution is 5.95. The van der Waals surface area contributed by atoms with Crippen molar-refractivity contribution in [3.8, 4) is 0 Å². The summed E-state index contributed by atoms with van der Waals surface area (Å²) in [7, 11) is 0. The van der Waals surface area contributed by atoms with Gasteiger partial charge in [0.15, 0.2) is 0 Å². The molecule has 2 aromatic carbocycles. The summed E-state index contributed by atoms with van der Waals surface area (Å²) in [6.45, 7) is 8.80. The molecular weight excluding hydrogens is 362 g/mol. The summed E-state index contributed by atoms with van der Waals surface area (Å²) in [5.74, 6) is -2.51. The molecule has 7 nitrogen and oxygen atoms in total. The summed E-state index contributed by atoms with van der Waals surface area (Å²) < 4.78 is 5.17. The number of aryl methyl sites for hydroxylation is 2. The Morgan fingerprint density at radius 1 is 0.857 bits per heavy atom. The molecule has 0 aliphatic carbocycles. The number of carboxylic acids is 2. The zero-order valence-electron chi connectivity index (χ0n) is 16.6. The highest BCUT2D eigenvalue weighted by atomic mass is 16.6. The molecule has 0 unspecified atom stereocenters. The Balaban J connectivity index is 0.000000307. The Hall–Kier alpha value is -3.35. The van der Waals surface area contributed by atoms with Crippen molar-refractivity contribution >= 4 is 23.6 Å². The fraction of sp³-hybridized carbons (Fsp3) is 0.286. The third-order valence-corrected chi connectivity index (χ3v) is 3.63. The van der Waals surface area contributed by atoms with Crippen LogP contribution in [0.25, 0.3) is 0 Å². The van der Waals surface area contributed by atoms with Crippen molar-refractivity contribution in [2.24, 2.45) is 0 Å². The summed E-state index contributed by atoms with van der Waals surface area (Å²) in [5, 5.41) is 17.5. The fourth-order valence-corrected chi connectivity index (χ4v) is 2.09. The second-order valence-corrected chi connectivity index (χ2v) is 7.21. The number of esters is 1. The highest BCUT2D eigenvalue weighted by Crippen LogP contribution is 2.16. The molecule has 7 heteroatoms. The molecule has 0 heterocycles. The number of carbonyl (C=O) groups is 3. The maximum atomic E-state index is 11.7. The van der Waals surface area contributed by atoms with Crippen LogP contribution < -0.4 is 5.73 Å². The van der Waals surface area contributed by atoms with Gasteiger partial charge < -0.3 is 20.7 Å². The van der Waals surface area contributed by atoms with Crippen LogP contribution in [0, 0.1) is 13.8 Å². The Labute approximate surface area is 163 Å². The molecule has 0 aliphatic rings. The summed E-state index contributed by atoms with van der Waals surface area (Å²) >= 11 is 0. The van der Waals surface area contributed by atoms with Crippen LogP contribution in [0.3, 0.4) is 0 Å². The number of aromatic carboxylic acids is 2. The Morgan fingerprint density at radius 3 is 1.86 bits per heavy atom. The lowest BCUT2D eigenvalue weighted by Gasteiger charge is -2.19. The largest absolute Gasteiger partial charge is 0.478 e. The van der Waals surface area contributed by atoms with Gasteiger partial charge >= 0.3 is 17.9 Å². The zero-order chi connectivity index (χ0) is 21.6. The van der Waals surface area contributed by atoms with E-state index in [-0.39, 0.29) is 16.7 Å². The van der Waals surface area contributed by atoms with Gasteiger partial charge in [-0.3, -0.25) is 0 Å². The van der Waals surface area contributed by atoms with Gasteiger partial charge in [-0.1, -0.05) is 12.1 Å². The minimum absolute atomic E-state index is 0.119. The first-order chi connectivity index (χ1) is 12.8. The Morgan fingerprint density at radius 2 is 1.39 bits per heavy atom. The molecule has 0 radical (unpaired) electrons. The predicted molar refractivity (Wildman–Crippen MR) is 106 cm³/mol. The molecule has 0 aliphatic heterocycles. The average molecular weight is 387 g/mol. The number of rotatable bonds is 3. The fourth-order valence-electron chi connectivity index (χ4n) is 2.09. The van der Waals surface area contributed by atoms with Crippen molar-refractivity contribution in [3.63, 3.8) is 0 Å². The van der Waals surface area contributed by atoms with Crippen molar-refractivity contribution in [1.29, 1.82) is 0 Å². The smallest absolute Gasteiger partial charge is 0.338 e. The third kappa shape index (κ3) is 6.75. The average Bonchev–Trinajstić information content (AvgIpc) is 2.56. The van der Waals surface area contributed by atoms with Crippen molar-refractivity contribution in [2.45, 2.75) is 40.2 Å². The van der Waals surface area contributed by atoms with Crippen LogP contribution in [0.15, 0.2) is 36.4 Å². The van der Waals surface area contributed by atoms with Crippen LogP contribution in [-0.2, 0) is 4.74 Å². The molecule has 0 spiro atoms. The first kappa shape index (κ1) is 22.7. The van der Waals surface area contributed by atoms with Gasteiger partial charge in [-0.15, -0.1) is 0 Å². The van der Waals surface area contributed by atoms with Crippen molar-refractivity contribution in [3.05, 3.63) is 64.2 Å². The molecule has 0 saturated carbocycles. The number of hydrogen-bond acceptors (Lipinski definition) is 5. The minimum Gasteiger partial charge on any atom is -0.478 e. The molecule has 150 valence electrons. The van der Waals surface area contributed by atoms with E-state index in [2.05, 4.69) is 0 Å². The van der Waals surface area contributed by atoms with E-state index in [9.17, 15) is 14.4 Å². The van der Waals surface area contributed by atoms with Crippen molar-refractivity contribution < 1.29 is 29.3 Å². The second kappa shape index (κ2) is 9.03. The predicted octanol–water partition coefficient (Wildman–Crippen LogP) is 3.92. The molecule has 0 bridgehead atoms. The van der Waals surface area contributed by atoms with E-state index < -0.39 is 23.5 Å². The summed E-state index contributed by atoms with van der Waals surface area (Å²) in [6.07, 6.45) is 0. The lowest BCUT2D eigenvalue weighted by atomic mass is 10.0. The summed E-state index contributed by atoms with van der Waals surface area (Å²) in [5.41, 5.74) is 7.54. The second-order valence-electron chi connectivity index (χ2n) is 7.21. The summed E-state index contributed by atoms with van der Waals surface area (Å²) in [4.78, 5) is 33.1. The highest BCUT2D eigenvalue weighted by Gasteiger charge is 2.19. The van der Waals surface area contributed by atoms with Crippen LogP contribution >= 0.6 is 0 Å². The van der Waals surface area contributed by atoms with E-state index in [1.807, 2.05) is 6.92 Å². The number of carboxylic acid groups (broad SMARTS) is 2. The normalized spacial score (nSPS) is 10.5. The molecule has 0 saturated heterocycles. The van der Waals surface area contributed by atoms with Gasteiger partial charge in [-0.25, -0.2) is 14.4 Å². The molecule has 0 amide bonds. The quantitative estimate of drug-likeness (QED) is 0.538. The van der Waals surface area contributed by atoms with Crippen LogP contribution in [0.1, 0.15) is 63.0 Å². The van der Waals surface area contributed by atoms with Gasteiger partial charge in [-0.05, 0) is 70.0 Å². The van der Waals surface area contributed by atoms with E-state index in [1.165, 1.54) is 18.2 Å². The molecular formula is C21H25NO6. The van der Waals surface area contributed by atoms with Gasteiger partial charge in [0.1, 0.15) is 5.60 Å². The van der Waals surface area contributed by atoms with Crippen LogP contribution in [0.5, 0.6) is 0 Å². The molecule has 0 atom stereocenters. The first-order valence-corrected chi connectivity index (χ1v) is 8.48. The van der Waals surface area contributed by atoms with E-state index in [4.69, 9.17) is 20.7 Å². The third-order valence-electron chi connectivity index (χ3n) is 3.63. The van der Waals surface area contributed by atoms with Gasteiger partial charge in [0.25, 0.3) is 0 Å². The van der Waals surface area contributed by atoms with E-state index in [0.717, 1.165) is 5.56 Å². The van der Waals surface area contributed by atoms with E-state index >= 15 is 0 Å². The zero-order valence-corrected chi connectivity index (χ0v) is 16.6. The monoisotopic (exact) mass is 387 g/mol. The number of ether oxygens (including phenoxy) is 1. The van der Waals surface area contributed by atoms with Crippen LogP contribution in [0.2, 0.25) is 0 Å². The SMILES string of the molecule is Cc1ccc(C(=O)O)cc1N.Cc1ccc(C(=O)OC(C)(C)C)cc1C(=O)O. The molecule has 4 N–H and O–H groups in total. The van der Waals surface area contributed by atoms with Crippen LogP contribution in [0.4, 0.5) is 5.69 Å². The van der Waals surface area contributed by atoms with Gasteiger partial charge in [-0.2, -0.15) is 0 Å².